The molecule has 5 nitrogen and oxygen atoms in total. The first-order valence-corrected chi connectivity index (χ1v) is 14.5. The molecule has 0 aliphatic heterocycles. The summed E-state index contributed by atoms with van der Waals surface area (Å²) in [4.78, 5) is 13.0. The first-order chi connectivity index (χ1) is 16.6. The van der Waals surface area contributed by atoms with E-state index < -0.39 is 29.0 Å². The third-order valence-corrected chi connectivity index (χ3v) is 14.4. The van der Waals surface area contributed by atoms with E-state index in [-0.39, 0.29) is 34.2 Å². The highest BCUT2D eigenvalue weighted by Gasteiger charge is 2.73. The van der Waals surface area contributed by atoms with E-state index in [4.69, 9.17) is 0 Å². The number of fused-ring (bicyclic) bond motifs is 7. The van der Waals surface area contributed by atoms with Crippen molar-refractivity contribution in [1.29, 1.82) is 0 Å². The molecule has 4 N–H and O–H groups in total. The quantitative estimate of drug-likeness (QED) is 0.378. The minimum Gasteiger partial charge on any atom is -0.481 e. The van der Waals surface area contributed by atoms with Crippen LogP contribution in [-0.2, 0) is 4.79 Å². The van der Waals surface area contributed by atoms with Gasteiger partial charge >= 0.3 is 5.97 Å². The van der Waals surface area contributed by atoms with Crippen LogP contribution < -0.4 is 0 Å². The largest absolute Gasteiger partial charge is 0.481 e. The average molecular weight is 503 g/mol. The van der Waals surface area contributed by atoms with Crippen molar-refractivity contribution in [3.8, 4) is 0 Å². The first kappa shape index (κ1) is 26.7. The van der Waals surface area contributed by atoms with Gasteiger partial charge in [0.25, 0.3) is 0 Å². The van der Waals surface area contributed by atoms with Crippen LogP contribution in [-0.4, -0.2) is 45.2 Å². The molecule has 0 aromatic heterocycles. The van der Waals surface area contributed by atoms with Gasteiger partial charge in [-0.25, -0.2) is 0 Å². The van der Waals surface area contributed by atoms with Crippen LogP contribution in [0.5, 0.6) is 0 Å². The van der Waals surface area contributed by atoms with Crippen LogP contribution in [0.15, 0.2) is 11.6 Å². The highest BCUT2D eigenvalue weighted by atomic mass is 16.4. The number of allylic oxidation sites excluding steroid dienone is 2. The lowest BCUT2D eigenvalue weighted by atomic mass is 9.30. The third kappa shape index (κ3) is 2.76. The number of hydrogen-bond acceptors (Lipinski definition) is 4. The number of aliphatic hydroxyl groups is 3. The topological polar surface area (TPSA) is 98.0 Å². The summed E-state index contributed by atoms with van der Waals surface area (Å²) in [6.07, 6.45) is 7.39. The molecule has 12 atom stereocenters. The van der Waals surface area contributed by atoms with Crippen molar-refractivity contribution in [3.05, 3.63) is 11.6 Å². The summed E-state index contributed by atoms with van der Waals surface area (Å²) < 4.78 is 0. The summed E-state index contributed by atoms with van der Waals surface area (Å²) in [5, 5.41) is 43.1. The van der Waals surface area contributed by atoms with E-state index >= 15 is 0 Å². The van der Waals surface area contributed by atoms with E-state index in [1.165, 1.54) is 5.57 Å². The van der Waals surface area contributed by atoms with Crippen molar-refractivity contribution < 1.29 is 25.2 Å². The summed E-state index contributed by atoms with van der Waals surface area (Å²) in [6.45, 7) is 15.9. The van der Waals surface area contributed by atoms with Crippen molar-refractivity contribution in [1.82, 2.24) is 0 Å². The molecule has 36 heavy (non-hydrogen) atoms. The van der Waals surface area contributed by atoms with Gasteiger partial charge in [-0.15, -0.1) is 0 Å². The molecular weight excluding hydrogens is 452 g/mol. The van der Waals surface area contributed by atoms with Crippen LogP contribution in [0.25, 0.3) is 0 Å². The number of carboxylic acids is 1. The maximum Gasteiger partial charge on any atom is 0.310 e. The number of carboxylic acid groups (broad SMARTS) is 1. The maximum atomic E-state index is 13.0. The lowest BCUT2D eigenvalue weighted by Gasteiger charge is -2.73. The van der Waals surface area contributed by atoms with Crippen LogP contribution in [0, 0.1) is 56.2 Å². The molecule has 0 saturated heterocycles. The normalized spacial score (nSPS) is 58.6. The maximum absolute atomic E-state index is 13.0. The molecule has 5 aliphatic carbocycles. The predicted octanol–water partition coefficient (Wildman–Crippen LogP) is 5.42. The lowest BCUT2D eigenvalue weighted by molar-refractivity contribution is -0.247. The fourth-order valence-corrected chi connectivity index (χ4v) is 11.6. The molecule has 5 aliphatic rings. The van der Waals surface area contributed by atoms with Gasteiger partial charge in [0.15, 0.2) is 0 Å². The Hall–Kier alpha value is -0.910. The molecule has 0 aromatic carbocycles. The van der Waals surface area contributed by atoms with Gasteiger partial charge in [0, 0.05) is 10.8 Å². The fraction of sp³-hybridized carbons (Fsp3) is 0.903. The second kappa shape index (κ2) is 7.82. The summed E-state index contributed by atoms with van der Waals surface area (Å²) in [6, 6.07) is 0. The second-order valence-electron chi connectivity index (χ2n) is 15.0. The van der Waals surface area contributed by atoms with Crippen LogP contribution >= 0.6 is 0 Å². The fourth-order valence-electron chi connectivity index (χ4n) is 11.6. The van der Waals surface area contributed by atoms with Gasteiger partial charge in [-0.05, 0) is 91.3 Å². The zero-order valence-electron chi connectivity index (χ0n) is 23.6. The number of rotatable bonds is 2. The summed E-state index contributed by atoms with van der Waals surface area (Å²) in [5.74, 6) is 0.617. The monoisotopic (exact) mass is 502 g/mol. The van der Waals surface area contributed by atoms with Gasteiger partial charge in [0.2, 0.25) is 0 Å². The highest BCUT2D eigenvalue weighted by molar-refractivity contribution is 5.78. The molecule has 5 rings (SSSR count). The van der Waals surface area contributed by atoms with Gasteiger partial charge in [-0.3, -0.25) is 4.79 Å². The van der Waals surface area contributed by atoms with E-state index in [0.29, 0.717) is 24.2 Å². The summed E-state index contributed by atoms with van der Waals surface area (Å²) >= 11 is 0. The van der Waals surface area contributed by atoms with E-state index in [1.54, 1.807) is 0 Å². The van der Waals surface area contributed by atoms with Crippen molar-refractivity contribution >= 4 is 5.97 Å². The second-order valence-corrected chi connectivity index (χ2v) is 15.0. The van der Waals surface area contributed by atoms with E-state index in [9.17, 15) is 25.2 Å². The molecule has 204 valence electrons. The van der Waals surface area contributed by atoms with Crippen molar-refractivity contribution in [2.75, 3.05) is 6.61 Å². The molecule has 2 unspecified atom stereocenters. The van der Waals surface area contributed by atoms with Crippen LogP contribution in [0.3, 0.4) is 0 Å². The Kier molecular flexibility index (Phi) is 5.80. The zero-order chi connectivity index (χ0) is 26.7. The summed E-state index contributed by atoms with van der Waals surface area (Å²) in [5.41, 5.74) is -0.754. The molecule has 4 saturated carbocycles. The van der Waals surface area contributed by atoms with Crippen molar-refractivity contribution in [2.45, 2.75) is 112 Å². The first-order valence-electron chi connectivity index (χ1n) is 14.5. The number of aliphatic hydroxyl groups excluding tert-OH is 3. The number of aliphatic carboxylic acids is 1. The molecule has 0 radical (unpaired) electrons. The summed E-state index contributed by atoms with van der Waals surface area (Å²) in [7, 11) is 0. The van der Waals surface area contributed by atoms with Gasteiger partial charge in [0.1, 0.15) is 0 Å². The molecule has 4 fully saturated rings. The Morgan fingerprint density at radius 2 is 1.64 bits per heavy atom. The standard InChI is InChI=1S/C31H50O5/c1-18-10-13-31(25(35)36)15-14-29(6)23(30(31,7)19(18)2)9-8-22-26(3)16-20(33)24(34)27(4,17-32)21(26)11-12-28(22,29)5/h9,18-22,24,32-34H,8,10-17H2,1-7H3,(H,35,36)/t18-,19+,20-,21?,22?,24+,26+,27+,28-,29-,30+,31-/m1/s1. The molecule has 0 aromatic rings. The zero-order valence-corrected chi connectivity index (χ0v) is 23.6. The van der Waals surface area contributed by atoms with E-state index in [1.807, 2.05) is 6.92 Å². The smallest absolute Gasteiger partial charge is 0.310 e. The number of hydrogen-bond donors (Lipinski definition) is 4. The molecule has 0 bridgehead atoms. The molecular formula is C31H50O5. The number of carbonyl (C=O) groups is 1. The minimum absolute atomic E-state index is 0.0329. The van der Waals surface area contributed by atoms with E-state index in [2.05, 4.69) is 47.6 Å². The van der Waals surface area contributed by atoms with Crippen LogP contribution in [0.2, 0.25) is 0 Å². The third-order valence-electron chi connectivity index (χ3n) is 14.4. The Morgan fingerprint density at radius 1 is 0.972 bits per heavy atom. The molecule has 5 heteroatoms. The SMILES string of the molecule is C[C@@H]1CC[C@]2(C(=O)O)CC[C@]3(C)C(=CCC4[C@@]5(C)C[C@@H](O)[C@H](O)[C@@](C)(CO)C5CC[C@]43C)[C@]2(C)[C@H]1C. The van der Waals surface area contributed by atoms with Gasteiger partial charge in [-0.2, -0.15) is 0 Å². The van der Waals surface area contributed by atoms with Gasteiger partial charge in [0.05, 0.1) is 24.2 Å². The average Bonchev–Trinajstić information content (AvgIpc) is 2.81. The Morgan fingerprint density at radius 3 is 2.25 bits per heavy atom. The Labute approximate surface area is 217 Å². The Bertz CT molecular complexity index is 976. The molecule has 0 heterocycles. The van der Waals surface area contributed by atoms with Gasteiger partial charge in [-0.1, -0.05) is 60.1 Å². The van der Waals surface area contributed by atoms with Crippen molar-refractivity contribution in [3.63, 3.8) is 0 Å². The minimum atomic E-state index is -0.912. The van der Waals surface area contributed by atoms with Crippen LogP contribution in [0.4, 0.5) is 0 Å². The van der Waals surface area contributed by atoms with Crippen LogP contribution in [0.1, 0.15) is 99.8 Å². The van der Waals surface area contributed by atoms with E-state index in [0.717, 1.165) is 44.9 Å². The highest BCUT2D eigenvalue weighted by Crippen LogP contribution is 2.78. The predicted molar refractivity (Wildman–Crippen MR) is 140 cm³/mol. The lowest BCUT2D eigenvalue weighted by Crippen LogP contribution is -2.69. The van der Waals surface area contributed by atoms with Crippen molar-refractivity contribution in [2.24, 2.45) is 56.2 Å². The molecule has 0 spiro atoms. The molecule has 0 amide bonds. The Balaban J connectivity index is 1.66. The van der Waals surface area contributed by atoms with Gasteiger partial charge < -0.3 is 20.4 Å².